The average molecular weight is 304 g/mol. The monoisotopic (exact) mass is 304 g/mol. The molecule has 0 saturated heterocycles. The minimum Gasteiger partial charge on any atom is -0.304 e. The lowest BCUT2D eigenvalue weighted by atomic mass is 10.1. The highest BCUT2D eigenvalue weighted by atomic mass is 16.3. The molecule has 4 rings (SSSR count). The predicted molar refractivity (Wildman–Crippen MR) is 87.3 cm³/mol. The van der Waals surface area contributed by atoms with Crippen molar-refractivity contribution in [2.45, 2.75) is 12.6 Å². The first-order valence-corrected chi connectivity index (χ1v) is 7.31. The number of nitrogens with one attached hydrogen (secondary N) is 1. The van der Waals surface area contributed by atoms with Crippen molar-refractivity contribution >= 4 is 23.0 Å². The number of rotatable bonds is 2. The minimum absolute atomic E-state index is 0.324. The van der Waals surface area contributed by atoms with Crippen LogP contribution in [-0.4, -0.2) is 32.4 Å². The predicted octanol–water partition coefficient (Wildman–Crippen LogP) is 2.95. The van der Waals surface area contributed by atoms with E-state index in [0.29, 0.717) is 29.6 Å². The molecule has 0 aliphatic carbocycles. The van der Waals surface area contributed by atoms with E-state index in [1.54, 1.807) is 35.5 Å². The third-order valence-electron chi connectivity index (χ3n) is 3.97. The lowest BCUT2D eigenvalue weighted by Gasteiger charge is -2.30. The number of aromatic nitrogens is 1. The molecular weight excluding hydrogens is 290 g/mol. The van der Waals surface area contributed by atoms with Gasteiger partial charge >= 0.3 is 0 Å². The van der Waals surface area contributed by atoms with Gasteiger partial charge in [0.25, 0.3) is 11.7 Å². The van der Waals surface area contributed by atoms with Crippen LogP contribution in [0, 0.1) is 10.3 Å². The van der Waals surface area contributed by atoms with E-state index < -0.39 is 6.04 Å². The Bertz CT molecular complexity index is 856. The van der Waals surface area contributed by atoms with Crippen molar-refractivity contribution in [3.63, 3.8) is 0 Å². The van der Waals surface area contributed by atoms with E-state index >= 15 is 0 Å². The fourth-order valence-corrected chi connectivity index (χ4v) is 2.81. The van der Waals surface area contributed by atoms with Crippen LogP contribution in [0.5, 0.6) is 0 Å². The molecule has 3 heterocycles. The van der Waals surface area contributed by atoms with Crippen molar-refractivity contribution < 1.29 is 4.76 Å². The standard InChI is InChI=1S/C17H14N5O/c18-16-6-5-15-17(21(16)11-12-7-9-19-10-8-12)20-13-3-1-2-4-14(13)22(15)23/h1-10,15,18H,11H2/q+1. The van der Waals surface area contributed by atoms with Gasteiger partial charge in [-0.2, -0.15) is 0 Å². The number of fused-ring (bicyclic) bond motifs is 2. The molecule has 2 aromatic rings. The Morgan fingerprint density at radius 2 is 1.96 bits per heavy atom. The zero-order valence-electron chi connectivity index (χ0n) is 12.3. The van der Waals surface area contributed by atoms with Crippen LogP contribution in [0.15, 0.2) is 65.9 Å². The number of hydrogen-bond donors (Lipinski definition) is 1. The molecule has 2 aliphatic rings. The number of para-hydroxylation sites is 2. The van der Waals surface area contributed by atoms with Crippen LogP contribution in [0.25, 0.3) is 0 Å². The maximum absolute atomic E-state index is 12.6. The van der Waals surface area contributed by atoms with Gasteiger partial charge in [-0.25, -0.2) is 4.99 Å². The van der Waals surface area contributed by atoms with Crippen molar-refractivity contribution in [3.8, 4) is 0 Å². The smallest absolute Gasteiger partial charge is 0.284 e. The summed E-state index contributed by atoms with van der Waals surface area (Å²) in [4.78, 5) is 23.0. The molecule has 0 saturated carbocycles. The summed E-state index contributed by atoms with van der Waals surface area (Å²) in [6.45, 7) is 0.483. The first-order chi connectivity index (χ1) is 11.2. The van der Waals surface area contributed by atoms with Gasteiger partial charge in [0.15, 0.2) is 5.84 Å². The van der Waals surface area contributed by atoms with Crippen molar-refractivity contribution in [1.82, 2.24) is 9.88 Å². The van der Waals surface area contributed by atoms with Crippen molar-refractivity contribution in [2.24, 2.45) is 4.99 Å². The SMILES string of the molecule is N=C1C=CC2C(=Nc3ccccc3[N+]2=O)N1Cc1ccncc1. The molecule has 0 radical (unpaired) electrons. The third-order valence-corrected chi connectivity index (χ3v) is 3.97. The summed E-state index contributed by atoms with van der Waals surface area (Å²) >= 11 is 0. The lowest BCUT2D eigenvalue weighted by molar-refractivity contribution is -0.475. The maximum Gasteiger partial charge on any atom is 0.284 e. The summed E-state index contributed by atoms with van der Waals surface area (Å²) in [6.07, 6.45) is 6.82. The second-order valence-electron chi connectivity index (χ2n) is 5.42. The first kappa shape index (κ1) is 13.5. The van der Waals surface area contributed by atoms with E-state index in [2.05, 4.69) is 9.98 Å². The van der Waals surface area contributed by atoms with Crippen LogP contribution in [0.4, 0.5) is 11.4 Å². The molecule has 1 aromatic heterocycles. The Morgan fingerprint density at radius 3 is 2.78 bits per heavy atom. The molecule has 23 heavy (non-hydrogen) atoms. The molecular formula is C17H14N5O+. The summed E-state index contributed by atoms with van der Waals surface area (Å²) < 4.78 is 0.958. The van der Waals surface area contributed by atoms with Crippen molar-refractivity contribution in [2.75, 3.05) is 0 Å². The summed E-state index contributed by atoms with van der Waals surface area (Å²) in [5.41, 5.74) is 2.21. The fraction of sp³-hybridized carbons (Fsp3) is 0.118. The van der Waals surface area contributed by atoms with Gasteiger partial charge in [-0.05, 0) is 35.9 Å². The Balaban J connectivity index is 1.78. The molecule has 6 heteroatoms. The number of nitrogens with zero attached hydrogens (tertiary/aromatic N) is 4. The highest BCUT2D eigenvalue weighted by Gasteiger charge is 2.42. The summed E-state index contributed by atoms with van der Waals surface area (Å²) in [5.74, 6) is 0.910. The molecule has 0 amide bonds. The topological polar surface area (TPSA) is 72.4 Å². The van der Waals surface area contributed by atoms with E-state index in [1.165, 1.54) is 0 Å². The number of amidine groups is 2. The summed E-state index contributed by atoms with van der Waals surface area (Å²) in [6, 6.07) is 10.6. The molecule has 1 unspecified atom stereocenters. The second-order valence-corrected chi connectivity index (χ2v) is 5.42. The Hall–Kier alpha value is -3.15. The van der Waals surface area contributed by atoms with E-state index in [0.717, 1.165) is 10.3 Å². The maximum atomic E-state index is 12.6. The van der Waals surface area contributed by atoms with Gasteiger partial charge < -0.3 is 4.90 Å². The Kier molecular flexibility index (Phi) is 3.08. The third kappa shape index (κ3) is 2.24. The van der Waals surface area contributed by atoms with Crippen LogP contribution in [-0.2, 0) is 6.54 Å². The van der Waals surface area contributed by atoms with Gasteiger partial charge in [0.05, 0.1) is 11.3 Å². The molecule has 112 valence electrons. The zero-order chi connectivity index (χ0) is 15.8. The van der Waals surface area contributed by atoms with Gasteiger partial charge in [-0.3, -0.25) is 10.4 Å². The Morgan fingerprint density at radius 1 is 1.17 bits per heavy atom. The van der Waals surface area contributed by atoms with Crippen molar-refractivity contribution in [3.05, 3.63) is 71.4 Å². The zero-order valence-corrected chi connectivity index (χ0v) is 12.3. The quantitative estimate of drug-likeness (QED) is 0.867. The van der Waals surface area contributed by atoms with Gasteiger partial charge in [-0.1, -0.05) is 12.1 Å². The van der Waals surface area contributed by atoms with E-state index in [4.69, 9.17) is 5.41 Å². The molecule has 1 N–H and O–H groups in total. The highest BCUT2D eigenvalue weighted by molar-refractivity contribution is 6.11. The highest BCUT2D eigenvalue weighted by Crippen LogP contribution is 2.35. The molecule has 2 aliphatic heterocycles. The second kappa shape index (κ2) is 5.24. The largest absolute Gasteiger partial charge is 0.304 e. The van der Waals surface area contributed by atoms with Gasteiger partial charge in [0.2, 0.25) is 0 Å². The van der Waals surface area contributed by atoms with Crippen LogP contribution in [0.1, 0.15) is 5.56 Å². The van der Waals surface area contributed by atoms with E-state index in [1.807, 2.05) is 30.3 Å². The molecule has 6 nitrogen and oxygen atoms in total. The number of aliphatic imine (C=N–C) groups is 1. The number of benzene rings is 1. The van der Waals surface area contributed by atoms with Crippen LogP contribution < -0.4 is 0 Å². The number of hydrogen-bond acceptors (Lipinski definition) is 4. The molecule has 0 spiro atoms. The summed E-state index contributed by atoms with van der Waals surface area (Å²) in [5, 5.41) is 8.19. The molecule has 1 atom stereocenters. The van der Waals surface area contributed by atoms with Crippen LogP contribution in [0.3, 0.4) is 0 Å². The van der Waals surface area contributed by atoms with E-state index in [9.17, 15) is 4.91 Å². The van der Waals surface area contributed by atoms with Gasteiger partial charge in [0.1, 0.15) is 11.5 Å². The number of nitroso groups, excluding NO2 is 1. The summed E-state index contributed by atoms with van der Waals surface area (Å²) in [7, 11) is 0. The molecule has 0 fully saturated rings. The van der Waals surface area contributed by atoms with Crippen molar-refractivity contribution in [1.29, 1.82) is 5.41 Å². The molecule has 1 aromatic carbocycles. The molecule has 0 bridgehead atoms. The normalized spacial score (nSPS) is 19.2. The van der Waals surface area contributed by atoms with Crippen LogP contribution in [0.2, 0.25) is 0 Å². The van der Waals surface area contributed by atoms with Gasteiger partial charge in [-0.15, -0.1) is 0 Å². The minimum atomic E-state index is -0.499. The van der Waals surface area contributed by atoms with Gasteiger partial charge in [0, 0.05) is 23.4 Å². The van der Waals surface area contributed by atoms with Crippen LogP contribution >= 0.6 is 0 Å². The average Bonchev–Trinajstić information content (AvgIpc) is 2.59. The lowest BCUT2D eigenvalue weighted by Crippen LogP contribution is -2.48. The first-order valence-electron chi connectivity index (χ1n) is 7.31. The Labute approximate surface area is 132 Å². The van der Waals surface area contributed by atoms with E-state index in [-0.39, 0.29) is 0 Å². The fourth-order valence-electron chi connectivity index (χ4n) is 2.81. The number of pyridine rings is 1.